The van der Waals surface area contributed by atoms with Crippen LogP contribution in [0, 0.1) is 0 Å². The molecule has 3 rings (SSSR count). The van der Waals surface area contributed by atoms with Crippen LogP contribution in [0.25, 0.3) is 0 Å². The summed E-state index contributed by atoms with van der Waals surface area (Å²) in [5, 5.41) is 23.7. The first-order chi connectivity index (χ1) is 12.6. The second-order valence-electron chi connectivity index (χ2n) is 6.11. The zero-order chi connectivity index (χ0) is 18.4. The Bertz CT molecular complexity index is 817. The monoisotopic (exact) mass is 370 g/mol. The van der Waals surface area contributed by atoms with Gasteiger partial charge in [0, 0.05) is 18.3 Å². The molecule has 0 fully saturated rings. The fourth-order valence-corrected chi connectivity index (χ4v) is 3.27. The molecule has 2 heterocycles. The summed E-state index contributed by atoms with van der Waals surface area (Å²) in [6, 6.07) is 11.4. The van der Waals surface area contributed by atoms with Crippen LogP contribution in [0.4, 0.5) is 4.79 Å². The quantitative estimate of drug-likeness (QED) is 0.598. The maximum Gasteiger partial charge on any atom is 0.315 e. The summed E-state index contributed by atoms with van der Waals surface area (Å²) in [6.45, 7) is 2.76. The lowest BCUT2D eigenvalue weighted by molar-refractivity contribution is 0.173. The number of benzene rings is 1. The lowest BCUT2D eigenvalue weighted by Gasteiger charge is -2.15. The van der Waals surface area contributed by atoms with Gasteiger partial charge in [-0.05, 0) is 34.9 Å². The van der Waals surface area contributed by atoms with Crippen molar-refractivity contribution in [3.63, 3.8) is 0 Å². The van der Waals surface area contributed by atoms with Crippen LogP contribution in [0.15, 0.2) is 59.6 Å². The van der Waals surface area contributed by atoms with Crippen LogP contribution in [0.1, 0.15) is 35.8 Å². The van der Waals surface area contributed by atoms with Crippen LogP contribution in [-0.4, -0.2) is 27.5 Å². The summed E-state index contributed by atoms with van der Waals surface area (Å²) in [5.41, 5.74) is 2.91. The third-order valence-corrected chi connectivity index (χ3v) is 4.77. The minimum Gasteiger partial charge on any atom is -0.387 e. The lowest BCUT2D eigenvalue weighted by Crippen LogP contribution is -2.38. The molecule has 0 radical (unpaired) electrons. The molecule has 6 nitrogen and oxygen atoms in total. The number of aliphatic hydroxyl groups excluding tert-OH is 1. The third kappa shape index (κ3) is 4.93. The van der Waals surface area contributed by atoms with Crippen LogP contribution < -0.4 is 10.6 Å². The first-order valence-corrected chi connectivity index (χ1v) is 9.37. The van der Waals surface area contributed by atoms with Crippen molar-refractivity contribution in [1.82, 2.24) is 20.4 Å². The Morgan fingerprint density at radius 3 is 2.81 bits per heavy atom. The first-order valence-electron chi connectivity index (χ1n) is 8.42. The molecule has 0 aliphatic carbocycles. The Morgan fingerprint density at radius 1 is 1.27 bits per heavy atom. The van der Waals surface area contributed by atoms with Crippen molar-refractivity contribution in [2.24, 2.45) is 0 Å². The van der Waals surface area contributed by atoms with Gasteiger partial charge in [0.1, 0.15) is 0 Å². The summed E-state index contributed by atoms with van der Waals surface area (Å²) in [6.07, 6.45) is 2.99. The van der Waals surface area contributed by atoms with E-state index in [2.05, 4.69) is 27.9 Å². The largest absolute Gasteiger partial charge is 0.387 e. The molecule has 0 saturated carbocycles. The van der Waals surface area contributed by atoms with Crippen molar-refractivity contribution in [3.05, 3.63) is 76.2 Å². The maximum absolute atomic E-state index is 12.0. The van der Waals surface area contributed by atoms with Crippen molar-refractivity contribution < 1.29 is 9.90 Å². The number of hydrogen-bond donors (Lipinski definition) is 3. The molecule has 3 N–H and O–H groups in total. The minimum absolute atomic E-state index is 0.169. The Balaban J connectivity index is 1.48. The number of nitrogens with one attached hydrogen (secondary N) is 2. The van der Waals surface area contributed by atoms with E-state index < -0.39 is 6.10 Å². The number of carbonyl (C=O) groups is 1. The van der Waals surface area contributed by atoms with Crippen LogP contribution in [-0.2, 0) is 6.54 Å². The van der Waals surface area contributed by atoms with Crippen molar-refractivity contribution in [3.8, 4) is 0 Å². The Morgan fingerprint density at radius 2 is 2.08 bits per heavy atom. The van der Waals surface area contributed by atoms with Gasteiger partial charge in [0.05, 0.1) is 24.9 Å². The molecule has 2 atom stereocenters. The summed E-state index contributed by atoms with van der Waals surface area (Å²) >= 11 is 1.52. The van der Waals surface area contributed by atoms with E-state index in [0.717, 1.165) is 11.1 Å². The van der Waals surface area contributed by atoms with Gasteiger partial charge in [0.15, 0.2) is 0 Å². The van der Waals surface area contributed by atoms with Crippen molar-refractivity contribution >= 4 is 17.4 Å². The van der Waals surface area contributed by atoms with Gasteiger partial charge in [-0.25, -0.2) is 4.79 Å². The number of aromatic nitrogens is 2. The van der Waals surface area contributed by atoms with E-state index in [-0.39, 0.29) is 18.6 Å². The maximum atomic E-state index is 12.0. The highest BCUT2D eigenvalue weighted by molar-refractivity contribution is 7.07. The number of carbonyl (C=O) groups excluding carboxylic acids is 1. The predicted molar refractivity (Wildman–Crippen MR) is 102 cm³/mol. The fourth-order valence-electron chi connectivity index (χ4n) is 2.56. The van der Waals surface area contributed by atoms with Crippen LogP contribution in [0.2, 0.25) is 0 Å². The first kappa shape index (κ1) is 18.2. The SMILES string of the molecule is CC(NC(=O)NCC(O)c1ccsc1)c1cnn(Cc2ccccc2)c1. The topological polar surface area (TPSA) is 79.2 Å². The van der Waals surface area contributed by atoms with E-state index in [4.69, 9.17) is 0 Å². The molecule has 0 saturated heterocycles. The molecule has 2 aromatic heterocycles. The molecule has 3 aromatic rings. The van der Waals surface area contributed by atoms with Gasteiger partial charge in [-0.1, -0.05) is 30.3 Å². The highest BCUT2D eigenvalue weighted by Gasteiger charge is 2.14. The van der Waals surface area contributed by atoms with Gasteiger partial charge < -0.3 is 15.7 Å². The fraction of sp³-hybridized carbons (Fsp3) is 0.263. The second-order valence-corrected chi connectivity index (χ2v) is 6.89. The molecule has 136 valence electrons. The standard InChI is InChI=1S/C19H22N4O2S/c1-14(22-19(25)20-10-18(24)16-7-8-26-13-16)17-9-21-23(12-17)11-15-5-3-2-4-6-15/h2-9,12-14,18,24H,10-11H2,1H3,(H2,20,22,25). The van der Waals surface area contributed by atoms with Gasteiger partial charge >= 0.3 is 6.03 Å². The van der Waals surface area contributed by atoms with E-state index >= 15 is 0 Å². The normalized spacial score (nSPS) is 13.2. The Labute approximate surface area is 156 Å². The zero-order valence-corrected chi connectivity index (χ0v) is 15.3. The van der Waals surface area contributed by atoms with Crippen molar-refractivity contribution in [2.45, 2.75) is 25.6 Å². The average Bonchev–Trinajstić information content (AvgIpc) is 3.32. The van der Waals surface area contributed by atoms with E-state index in [1.165, 1.54) is 16.9 Å². The molecule has 26 heavy (non-hydrogen) atoms. The molecule has 0 aliphatic heterocycles. The van der Waals surface area contributed by atoms with Crippen molar-refractivity contribution in [2.75, 3.05) is 6.54 Å². The zero-order valence-electron chi connectivity index (χ0n) is 14.5. The van der Waals surface area contributed by atoms with E-state index in [1.807, 2.05) is 52.8 Å². The number of aliphatic hydroxyl groups is 1. The predicted octanol–water partition coefficient (Wildman–Crippen LogP) is 3.09. The number of nitrogens with zero attached hydrogens (tertiary/aromatic N) is 2. The minimum atomic E-state index is -0.698. The van der Waals surface area contributed by atoms with E-state index in [0.29, 0.717) is 6.54 Å². The van der Waals surface area contributed by atoms with Crippen LogP contribution in [0.3, 0.4) is 0 Å². The summed E-state index contributed by atoms with van der Waals surface area (Å²) in [7, 11) is 0. The highest BCUT2D eigenvalue weighted by atomic mass is 32.1. The Kier molecular flexibility index (Phi) is 6.04. The number of hydrogen-bond acceptors (Lipinski definition) is 4. The lowest BCUT2D eigenvalue weighted by atomic mass is 10.2. The molecular formula is C19H22N4O2S. The number of amides is 2. The van der Waals surface area contributed by atoms with Gasteiger partial charge in [0.2, 0.25) is 0 Å². The molecule has 0 spiro atoms. The Hall–Kier alpha value is -2.64. The molecule has 0 bridgehead atoms. The summed E-state index contributed by atoms with van der Waals surface area (Å²) in [4.78, 5) is 12.0. The van der Waals surface area contributed by atoms with E-state index in [9.17, 15) is 9.90 Å². The van der Waals surface area contributed by atoms with Gasteiger partial charge in [-0.2, -0.15) is 16.4 Å². The number of rotatable bonds is 7. The average molecular weight is 370 g/mol. The van der Waals surface area contributed by atoms with Crippen LogP contribution in [0.5, 0.6) is 0 Å². The molecular weight excluding hydrogens is 348 g/mol. The second kappa shape index (κ2) is 8.64. The number of urea groups is 1. The van der Waals surface area contributed by atoms with Crippen LogP contribution >= 0.6 is 11.3 Å². The van der Waals surface area contributed by atoms with E-state index in [1.54, 1.807) is 6.20 Å². The number of thiophene rings is 1. The summed E-state index contributed by atoms with van der Waals surface area (Å²) in [5.74, 6) is 0. The third-order valence-electron chi connectivity index (χ3n) is 4.07. The van der Waals surface area contributed by atoms with Gasteiger partial charge in [0.25, 0.3) is 0 Å². The molecule has 0 aliphatic rings. The summed E-state index contributed by atoms with van der Waals surface area (Å²) < 4.78 is 1.85. The van der Waals surface area contributed by atoms with Gasteiger partial charge in [-0.3, -0.25) is 4.68 Å². The highest BCUT2D eigenvalue weighted by Crippen LogP contribution is 2.15. The van der Waals surface area contributed by atoms with Gasteiger partial charge in [-0.15, -0.1) is 0 Å². The molecule has 7 heteroatoms. The smallest absolute Gasteiger partial charge is 0.315 e. The molecule has 2 amide bonds. The van der Waals surface area contributed by atoms with Crippen molar-refractivity contribution in [1.29, 1.82) is 0 Å². The molecule has 1 aromatic carbocycles. The molecule has 2 unspecified atom stereocenters.